The van der Waals surface area contributed by atoms with E-state index in [0.717, 1.165) is 75.6 Å². The van der Waals surface area contributed by atoms with Crippen molar-refractivity contribution in [2.75, 3.05) is 17.2 Å². The van der Waals surface area contributed by atoms with Crippen LogP contribution in [0, 0.1) is 19.7 Å². The Morgan fingerprint density at radius 2 is 0.882 bits per heavy atom. The van der Waals surface area contributed by atoms with Crippen LogP contribution in [0.25, 0.3) is 114 Å². The van der Waals surface area contributed by atoms with Gasteiger partial charge in [-0.1, -0.05) is 101 Å². The van der Waals surface area contributed by atoms with Crippen LogP contribution in [0.5, 0.6) is 0 Å². The van der Waals surface area contributed by atoms with E-state index < -0.39 is 14.2 Å². The van der Waals surface area contributed by atoms with Crippen LogP contribution in [-0.2, 0) is 9.31 Å². The number of rotatable bonds is 5. The lowest BCUT2D eigenvalue weighted by Crippen LogP contribution is -2.41. The lowest BCUT2D eigenvalue weighted by molar-refractivity contribution is 0.00578. The first kappa shape index (κ1) is 63.7. The second-order valence-electron chi connectivity index (χ2n) is 21.6. The molecule has 9 heterocycles. The lowest BCUT2D eigenvalue weighted by Gasteiger charge is -2.32. The van der Waals surface area contributed by atoms with Crippen molar-refractivity contribution in [2.24, 2.45) is 0 Å². The number of pyridine rings is 5. The molecule has 0 spiro atoms. The Bertz CT molecular complexity index is 5260. The van der Waals surface area contributed by atoms with Crippen LogP contribution in [0.3, 0.4) is 0 Å². The molecular formula is C67H49B2BrCl2N14O7. The summed E-state index contributed by atoms with van der Waals surface area (Å²) in [6, 6.07) is 42.1. The number of nitrogen functional groups attached to an aromatic ring is 3. The van der Waals surface area contributed by atoms with Gasteiger partial charge in [0.1, 0.15) is 35.1 Å². The number of hydrogen-bond acceptors (Lipinski definition) is 18. The summed E-state index contributed by atoms with van der Waals surface area (Å²) in [6.45, 7) is 29.6. The van der Waals surface area contributed by atoms with Crippen LogP contribution in [0.15, 0.2) is 195 Å². The predicted octanol–water partition coefficient (Wildman–Crippen LogP) is 14.7. The van der Waals surface area contributed by atoms with Crippen molar-refractivity contribution in [2.45, 2.75) is 38.9 Å². The van der Waals surface area contributed by atoms with Gasteiger partial charge in [-0.15, -0.1) is 15.0 Å². The van der Waals surface area contributed by atoms with E-state index in [1.807, 2.05) is 143 Å². The van der Waals surface area contributed by atoms with Crippen LogP contribution >= 0.6 is 39.1 Å². The van der Waals surface area contributed by atoms with E-state index in [1.54, 1.807) is 43.1 Å². The second kappa shape index (κ2) is 26.9. The molecule has 1 fully saturated rings. The number of nitrogens with zero attached hydrogens (tertiary/aromatic N) is 11. The Kier molecular flexibility index (Phi) is 18.5. The average Bonchev–Trinajstić information content (AvgIpc) is 1.77. The standard InChI is InChI=1S/C22H13N5O.C17H9ClN4O.C13H17BN2O3.C10H4BrClN2.C5H6BNO2/c1-24-21-20(13-6-8-25-9-7-13)17-10-14(2-3-16(17)12-26-21)15-4-5-19-18(11-15)27-22(23)28-19;1-20-16-15(18)12-6-9(2-3-11(12)8-21-16)10-4-5-14-13(7-10)22-17(19)23-14;1-12(2)13(3,4)19-14(18-12)8-5-6-10-9(7-8)16-11(15)17-10;1-13-10-9(12)8-4-7(11)3-2-6(8)5-14-10;8-6(9)5-1-3-7-4-2-5/h2-12H,(H2,23,27);2-8H,(H2,19,22);5-7H,1-4H3,(H2,15,16);2-5H;1-4,8-9H. The fraction of sp³-hybridized carbons (Fsp3) is 0.0896. The molecule has 1 aliphatic rings. The third-order valence-electron chi connectivity index (χ3n) is 15.2. The molecule has 1 aliphatic heterocycles. The number of oxazole rings is 3. The summed E-state index contributed by atoms with van der Waals surface area (Å²) in [7, 11) is -1.78. The first-order valence-electron chi connectivity index (χ1n) is 28.1. The van der Waals surface area contributed by atoms with Gasteiger partial charge in [0, 0.05) is 51.0 Å². The van der Waals surface area contributed by atoms with Crippen LogP contribution in [-0.4, -0.2) is 75.4 Å². The molecule has 0 aliphatic carbocycles. The number of nitrogens with two attached hydrogens (primary N) is 3. The summed E-state index contributed by atoms with van der Waals surface area (Å²) >= 11 is 15.7. The van der Waals surface area contributed by atoms with Crippen molar-refractivity contribution < 1.29 is 32.6 Å². The van der Waals surface area contributed by atoms with Gasteiger partial charge in [0.25, 0.3) is 35.5 Å². The zero-order valence-corrected chi connectivity index (χ0v) is 52.7. The Morgan fingerprint density at radius 3 is 1.35 bits per heavy atom. The van der Waals surface area contributed by atoms with Crippen LogP contribution < -0.4 is 28.1 Å². The molecular weight excluding hydrogens is 1290 g/mol. The van der Waals surface area contributed by atoms with Gasteiger partial charge in [-0.05, 0) is 174 Å². The molecule has 6 aromatic carbocycles. The van der Waals surface area contributed by atoms with E-state index in [2.05, 4.69) is 76.4 Å². The molecule has 1 saturated heterocycles. The average molecular weight is 1330 g/mol. The van der Waals surface area contributed by atoms with Gasteiger partial charge in [-0.3, -0.25) is 9.97 Å². The Hall–Kier alpha value is -10.8. The molecule has 0 amide bonds. The maximum Gasteiger partial charge on any atom is 0.494 e. The van der Waals surface area contributed by atoms with Gasteiger partial charge in [-0.2, -0.15) is 15.0 Å². The molecule has 26 heteroatoms. The fourth-order valence-corrected chi connectivity index (χ4v) is 10.7. The largest absolute Gasteiger partial charge is 0.494 e. The van der Waals surface area contributed by atoms with Gasteiger partial charge in [0.2, 0.25) is 0 Å². The normalized spacial score (nSPS) is 12.7. The number of benzene rings is 6. The summed E-state index contributed by atoms with van der Waals surface area (Å²) in [5, 5.41) is 23.3. The first-order valence-corrected chi connectivity index (χ1v) is 29.6. The molecule has 0 unspecified atom stereocenters. The molecule has 0 atom stereocenters. The van der Waals surface area contributed by atoms with E-state index in [1.165, 1.54) is 12.4 Å². The zero-order chi connectivity index (χ0) is 65.7. The quantitative estimate of drug-likeness (QED) is 0.0790. The summed E-state index contributed by atoms with van der Waals surface area (Å²) < 4.78 is 28.8. The van der Waals surface area contributed by atoms with Crippen molar-refractivity contribution in [1.29, 1.82) is 0 Å². The van der Waals surface area contributed by atoms with Crippen molar-refractivity contribution in [3.8, 4) is 33.4 Å². The predicted molar refractivity (Wildman–Crippen MR) is 368 cm³/mol. The summed E-state index contributed by atoms with van der Waals surface area (Å²) in [5.74, 6) is 0.823. The Morgan fingerprint density at radius 1 is 0.484 bits per heavy atom. The van der Waals surface area contributed by atoms with Crippen LogP contribution in [0.2, 0.25) is 10.0 Å². The number of hydrogen-bond donors (Lipinski definition) is 5. The highest BCUT2D eigenvalue weighted by Gasteiger charge is 2.51. The van der Waals surface area contributed by atoms with E-state index in [-0.39, 0.29) is 40.9 Å². The highest BCUT2D eigenvalue weighted by Crippen LogP contribution is 2.40. The van der Waals surface area contributed by atoms with Crippen molar-refractivity contribution in [3.63, 3.8) is 0 Å². The minimum absolute atomic E-state index is 0.145. The Balaban J connectivity index is 0.000000124. The smallest absolute Gasteiger partial charge is 0.424 e. The SMILES string of the molecule is CC1(C)OB(c2ccc3oc(N)nc3c2)OC1(C)C.OB(O)c1ccncc1.[C-]#[N+]c1ncc2ccc(-c3ccc4oc(N)nc4c3)cc2c1-c1ccncc1.[C-]#[N+]c1ncc2ccc(-c3ccc4oc(N)nc4c3)cc2c1Cl.[C-]#[N+]c1ncc2ccc(Br)cc2c1Cl. The number of halogens is 3. The molecule has 21 nitrogen and oxygen atoms in total. The minimum atomic E-state index is -1.38. The van der Waals surface area contributed by atoms with Gasteiger partial charge in [0.05, 0.1) is 21.2 Å². The number of anilines is 3. The number of fused-ring (bicyclic) bond motifs is 6. The molecule has 0 saturated carbocycles. The highest BCUT2D eigenvalue weighted by atomic mass is 79.9. The van der Waals surface area contributed by atoms with Crippen molar-refractivity contribution in [1.82, 2.24) is 39.9 Å². The third-order valence-corrected chi connectivity index (χ3v) is 16.4. The highest BCUT2D eigenvalue weighted by molar-refractivity contribution is 9.10. The van der Waals surface area contributed by atoms with Gasteiger partial charge in [-0.25, -0.2) is 0 Å². The van der Waals surface area contributed by atoms with Gasteiger partial charge >= 0.3 is 14.2 Å². The lowest BCUT2D eigenvalue weighted by atomic mass is 9.79. The van der Waals surface area contributed by atoms with Crippen molar-refractivity contribution >= 4 is 165 Å². The second-order valence-corrected chi connectivity index (χ2v) is 23.3. The summed E-state index contributed by atoms with van der Waals surface area (Å²) in [4.78, 5) is 42.8. The molecule has 456 valence electrons. The van der Waals surface area contributed by atoms with E-state index in [0.29, 0.717) is 54.6 Å². The monoisotopic (exact) mass is 1330 g/mol. The maximum atomic E-state index is 8.55. The molecule has 8 aromatic heterocycles. The fourth-order valence-electron chi connectivity index (χ4n) is 9.78. The first-order chi connectivity index (χ1) is 44.7. The van der Waals surface area contributed by atoms with E-state index >= 15 is 0 Å². The van der Waals surface area contributed by atoms with Crippen LogP contribution in [0.4, 0.5) is 35.5 Å². The molecule has 0 bridgehead atoms. The summed E-state index contributed by atoms with van der Waals surface area (Å²) in [5.41, 5.74) is 27.2. The molecule has 8 N–H and O–H groups in total. The molecule has 14 aromatic rings. The number of aromatic nitrogens is 8. The minimum Gasteiger partial charge on any atom is -0.424 e. The van der Waals surface area contributed by atoms with E-state index in [9.17, 15) is 0 Å². The zero-order valence-electron chi connectivity index (χ0n) is 49.6. The Labute approximate surface area is 549 Å². The van der Waals surface area contributed by atoms with Gasteiger partial charge < -0.3 is 64.3 Å². The molecule has 93 heavy (non-hydrogen) atoms. The topological polar surface area (TPSA) is 293 Å². The maximum absolute atomic E-state index is 8.55. The van der Waals surface area contributed by atoms with Crippen LogP contribution in [0.1, 0.15) is 27.7 Å². The van der Waals surface area contributed by atoms with E-state index in [4.69, 9.17) is 92.7 Å². The molecule has 15 rings (SSSR count). The van der Waals surface area contributed by atoms with Crippen molar-refractivity contribution in [3.05, 3.63) is 226 Å². The summed E-state index contributed by atoms with van der Waals surface area (Å²) in [6.07, 6.45) is 11.5. The van der Waals surface area contributed by atoms with Gasteiger partial charge in [0.15, 0.2) is 16.7 Å². The molecule has 0 radical (unpaired) electrons. The third kappa shape index (κ3) is 13.9.